The Labute approximate surface area is 163 Å². The molecule has 0 aliphatic carbocycles. The largest absolute Gasteiger partial charge is 0.489 e. The molecule has 146 valence electrons. The molecule has 1 aliphatic heterocycles. The zero-order valence-electron chi connectivity index (χ0n) is 15.4. The van der Waals surface area contributed by atoms with Gasteiger partial charge in [-0.25, -0.2) is 0 Å². The van der Waals surface area contributed by atoms with Crippen molar-refractivity contribution in [1.29, 1.82) is 5.26 Å². The minimum absolute atomic E-state index is 0.0280. The number of amides is 1. The van der Waals surface area contributed by atoms with Crippen LogP contribution in [0.25, 0.3) is 0 Å². The van der Waals surface area contributed by atoms with Crippen molar-refractivity contribution in [3.8, 4) is 11.8 Å². The lowest BCUT2D eigenvalue weighted by Gasteiger charge is -2.27. The molecule has 1 aromatic rings. The van der Waals surface area contributed by atoms with E-state index in [-0.39, 0.29) is 18.1 Å². The molecule has 1 saturated heterocycles. The van der Waals surface area contributed by atoms with E-state index in [1.165, 1.54) is 0 Å². The van der Waals surface area contributed by atoms with Crippen LogP contribution >= 0.6 is 11.6 Å². The number of carbonyl (C=O) groups excluding carboxylic acids is 1. The maximum atomic E-state index is 11.1. The van der Waals surface area contributed by atoms with E-state index < -0.39 is 6.10 Å². The molecule has 1 amide bonds. The number of nitrogens with zero attached hydrogens (tertiary/aromatic N) is 2. The van der Waals surface area contributed by atoms with E-state index >= 15 is 0 Å². The second-order valence-electron chi connectivity index (χ2n) is 6.92. The Kier molecular flexibility index (Phi) is 7.42. The molecule has 0 saturated carbocycles. The summed E-state index contributed by atoms with van der Waals surface area (Å²) in [5.41, 5.74) is 5.32. The Hall–Kier alpha value is -2.34. The summed E-state index contributed by atoms with van der Waals surface area (Å²) in [5, 5.41) is 22.9. The first-order valence-corrected chi connectivity index (χ1v) is 9.00. The zero-order valence-corrected chi connectivity index (χ0v) is 16.1. The Balaban J connectivity index is 1.78. The van der Waals surface area contributed by atoms with Gasteiger partial charge in [0.2, 0.25) is 5.91 Å². The topological polar surface area (TPSA) is 119 Å². The van der Waals surface area contributed by atoms with E-state index in [9.17, 15) is 9.90 Å². The molecule has 1 aromatic carbocycles. The fourth-order valence-corrected chi connectivity index (χ4v) is 2.48. The molecule has 1 atom stereocenters. The summed E-state index contributed by atoms with van der Waals surface area (Å²) in [6.45, 7) is 4.74. The molecule has 1 aliphatic rings. The average molecular weight is 394 g/mol. The monoisotopic (exact) mass is 393 g/mol. The van der Waals surface area contributed by atoms with E-state index in [1.807, 2.05) is 19.9 Å². The summed E-state index contributed by atoms with van der Waals surface area (Å²) < 4.78 is 5.53. The third-order valence-corrected chi connectivity index (χ3v) is 4.15. The third-order valence-electron chi connectivity index (χ3n) is 3.91. The van der Waals surface area contributed by atoms with Crippen LogP contribution in [-0.4, -0.2) is 48.2 Å². The molecular formula is C18H24ClN5O3. The first-order valence-electron chi connectivity index (χ1n) is 8.63. The number of β-amino-alcohol motifs (C(OH)–C–C–N with tert-alkyl or cyclic N) is 1. The summed E-state index contributed by atoms with van der Waals surface area (Å²) in [6.07, 6.45) is 0.234. The molecule has 1 fully saturated rings. The van der Waals surface area contributed by atoms with Gasteiger partial charge in [0.05, 0.1) is 12.1 Å². The summed E-state index contributed by atoms with van der Waals surface area (Å²) in [7, 11) is 0. The van der Waals surface area contributed by atoms with Crippen molar-refractivity contribution in [1.82, 2.24) is 16.2 Å². The first-order chi connectivity index (χ1) is 12.8. The van der Waals surface area contributed by atoms with Gasteiger partial charge in [-0.1, -0.05) is 11.6 Å². The minimum Gasteiger partial charge on any atom is -0.489 e. The highest BCUT2D eigenvalue weighted by molar-refractivity contribution is 6.30. The quantitative estimate of drug-likeness (QED) is 0.525. The third kappa shape index (κ3) is 7.06. The predicted molar refractivity (Wildman–Crippen MR) is 103 cm³/mol. The standard InChI is InChI=1S/C18H24ClN5O3/c1-18(2,11-21-16-5-6-17(26)24-23-16)22-9-14(25)10-27-15-7-13(19)4-3-12(15)8-20/h3-4,7,14,22,25H,5-6,9-11H2,1-2H3,(H,21,23)(H,24,26)/t14-/m0/s1. The number of carbonyl (C=O) groups is 1. The maximum absolute atomic E-state index is 11.1. The van der Waals surface area contributed by atoms with Crippen molar-refractivity contribution in [2.24, 2.45) is 4.99 Å². The van der Waals surface area contributed by atoms with Crippen LogP contribution in [0.15, 0.2) is 23.2 Å². The van der Waals surface area contributed by atoms with Crippen LogP contribution in [0.3, 0.4) is 0 Å². The fraction of sp³-hybridized carbons (Fsp3) is 0.500. The van der Waals surface area contributed by atoms with Crippen LogP contribution in [0.2, 0.25) is 5.02 Å². The highest BCUT2D eigenvalue weighted by atomic mass is 35.5. The van der Waals surface area contributed by atoms with Gasteiger partial charge in [0.15, 0.2) is 0 Å². The van der Waals surface area contributed by atoms with Crippen molar-refractivity contribution in [2.75, 3.05) is 19.7 Å². The number of aliphatic hydroxyl groups excluding tert-OH is 1. The molecule has 0 aromatic heterocycles. The lowest BCUT2D eigenvalue weighted by molar-refractivity contribution is -0.122. The highest BCUT2D eigenvalue weighted by Gasteiger charge is 2.20. The van der Waals surface area contributed by atoms with Gasteiger partial charge in [-0.15, -0.1) is 0 Å². The van der Waals surface area contributed by atoms with E-state index in [0.29, 0.717) is 42.3 Å². The number of aliphatic hydroxyl groups is 1. The van der Waals surface area contributed by atoms with Gasteiger partial charge in [-0.2, -0.15) is 5.26 Å². The number of ether oxygens (including phenoxy) is 1. The van der Waals surface area contributed by atoms with E-state index in [1.54, 1.807) is 18.2 Å². The van der Waals surface area contributed by atoms with Gasteiger partial charge in [0.25, 0.3) is 0 Å². The number of hydrogen-bond donors (Lipinski definition) is 4. The van der Waals surface area contributed by atoms with Crippen LogP contribution in [0.1, 0.15) is 32.3 Å². The summed E-state index contributed by atoms with van der Waals surface area (Å²) >= 11 is 5.91. The van der Waals surface area contributed by atoms with Gasteiger partial charge in [-0.05, 0) is 26.0 Å². The number of hydrogen-bond acceptors (Lipinski definition) is 6. The number of benzene rings is 1. The molecule has 0 radical (unpaired) electrons. The lowest BCUT2D eigenvalue weighted by atomic mass is 10.1. The van der Waals surface area contributed by atoms with E-state index in [0.717, 1.165) is 5.84 Å². The Morgan fingerprint density at radius 2 is 2.22 bits per heavy atom. The van der Waals surface area contributed by atoms with Crippen molar-refractivity contribution >= 4 is 23.3 Å². The van der Waals surface area contributed by atoms with Gasteiger partial charge in [0, 0.05) is 36.0 Å². The number of aliphatic imine (C=N–C) groups is 1. The van der Waals surface area contributed by atoms with Crippen LogP contribution in [-0.2, 0) is 4.79 Å². The molecule has 9 heteroatoms. The summed E-state index contributed by atoms with van der Waals surface area (Å²) in [4.78, 5) is 15.6. The Morgan fingerprint density at radius 3 is 2.89 bits per heavy atom. The Bertz CT molecular complexity index is 733. The zero-order chi connectivity index (χ0) is 19.9. The second kappa shape index (κ2) is 9.55. The predicted octanol–water partition coefficient (Wildman–Crippen LogP) is 1.13. The van der Waals surface area contributed by atoms with Crippen molar-refractivity contribution in [3.63, 3.8) is 0 Å². The molecule has 1 heterocycles. The van der Waals surface area contributed by atoms with Crippen LogP contribution < -0.4 is 20.9 Å². The van der Waals surface area contributed by atoms with E-state index in [4.69, 9.17) is 21.6 Å². The molecule has 8 nitrogen and oxygen atoms in total. The van der Waals surface area contributed by atoms with Crippen LogP contribution in [0.4, 0.5) is 0 Å². The second-order valence-corrected chi connectivity index (χ2v) is 7.35. The normalized spacial score (nSPS) is 17.0. The summed E-state index contributed by atoms with van der Waals surface area (Å²) in [5.74, 6) is 1.03. The SMILES string of the molecule is CC(C)(CN=C1CCC(=O)NN1)NC[C@H](O)COc1cc(Cl)ccc1C#N. The number of amidine groups is 1. The van der Waals surface area contributed by atoms with Gasteiger partial charge in [0.1, 0.15) is 30.4 Å². The first kappa shape index (κ1) is 21.0. The van der Waals surface area contributed by atoms with Crippen LogP contribution in [0, 0.1) is 11.3 Å². The van der Waals surface area contributed by atoms with Gasteiger partial charge < -0.3 is 15.2 Å². The number of nitrogens with one attached hydrogen (secondary N) is 3. The molecule has 2 rings (SSSR count). The fourth-order valence-electron chi connectivity index (χ4n) is 2.31. The van der Waals surface area contributed by atoms with Crippen molar-refractivity contribution in [2.45, 2.75) is 38.3 Å². The molecule has 0 unspecified atom stereocenters. The molecular weight excluding hydrogens is 370 g/mol. The van der Waals surface area contributed by atoms with Gasteiger partial charge >= 0.3 is 0 Å². The number of rotatable bonds is 8. The molecule has 0 spiro atoms. The highest BCUT2D eigenvalue weighted by Crippen LogP contribution is 2.22. The number of halogens is 1. The van der Waals surface area contributed by atoms with Crippen molar-refractivity contribution < 1.29 is 14.6 Å². The van der Waals surface area contributed by atoms with Crippen molar-refractivity contribution in [3.05, 3.63) is 28.8 Å². The number of nitriles is 1. The van der Waals surface area contributed by atoms with E-state index in [2.05, 4.69) is 21.2 Å². The number of hydrazine groups is 1. The molecule has 4 N–H and O–H groups in total. The molecule has 27 heavy (non-hydrogen) atoms. The summed E-state index contributed by atoms with van der Waals surface area (Å²) in [6, 6.07) is 6.77. The average Bonchev–Trinajstić information content (AvgIpc) is 2.64. The Morgan fingerprint density at radius 1 is 1.44 bits per heavy atom. The lowest BCUT2D eigenvalue weighted by Crippen LogP contribution is -2.49. The minimum atomic E-state index is -0.769. The smallest absolute Gasteiger partial charge is 0.238 e. The maximum Gasteiger partial charge on any atom is 0.238 e. The van der Waals surface area contributed by atoms with Gasteiger partial charge in [-0.3, -0.25) is 20.6 Å². The molecule has 0 bridgehead atoms. The van der Waals surface area contributed by atoms with Crippen LogP contribution in [0.5, 0.6) is 5.75 Å².